The van der Waals surface area contributed by atoms with Crippen molar-refractivity contribution in [1.82, 2.24) is 0 Å². The molecule has 2 aliphatic rings. The Kier molecular flexibility index (Phi) is 13.6. The fraction of sp³-hybridized carbons (Fsp3) is 0.133. The Balaban J connectivity index is 0.000000264. The molecule has 4 aromatic carbocycles. The van der Waals surface area contributed by atoms with Crippen LogP contribution in [0.5, 0.6) is 0 Å². The number of carbonyl (C=O) groups excluding carboxylic acids is 2. The van der Waals surface area contributed by atoms with E-state index in [1.165, 1.54) is 44.5 Å². The van der Waals surface area contributed by atoms with E-state index in [0.29, 0.717) is 0 Å². The summed E-state index contributed by atoms with van der Waals surface area (Å²) in [7, 11) is 0.750. The van der Waals surface area contributed by atoms with Crippen molar-refractivity contribution in [3.8, 4) is 22.3 Å². The molecule has 4 aromatic rings. The molecule has 0 spiro atoms. The van der Waals surface area contributed by atoms with Gasteiger partial charge in [0.1, 0.15) is 0 Å². The molecule has 0 saturated heterocycles. The molecule has 34 heavy (non-hydrogen) atoms. The van der Waals surface area contributed by atoms with E-state index in [4.69, 9.17) is 9.59 Å². The zero-order valence-electron chi connectivity index (χ0n) is 19.5. The minimum atomic E-state index is 0. The summed E-state index contributed by atoms with van der Waals surface area (Å²) in [5, 5.41) is 0. The molecule has 4 heteroatoms. The minimum Gasteiger partial charge on any atom is -0.545 e. The standard InChI is InChI=1S/2C13H9.C2H7Si.2CHO.Ti/c2*1-3-7-12-10(5-1)9-11-6-2-4-8-13(11)12;1-3-2;2*1-2;/h2*1-5,7-8H,9H2;3H,1-2H3;2*1H;/q2*-1;;2*-1;+4. The van der Waals surface area contributed by atoms with Gasteiger partial charge < -0.3 is 9.59 Å². The zero-order valence-corrected chi connectivity index (χ0v) is 22.3. The number of fused-ring (bicyclic) bond motifs is 6. The summed E-state index contributed by atoms with van der Waals surface area (Å²) in [4.78, 5) is 15.5. The predicted octanol–water partition coefficient (Wildman–Crippen LogP) is 6.08. The number of benzene rings is 4. The van der Waals surface area contributed by atoms with E-state index in [1.54, 1.807) is 0 Å². The van der Waals surface area contributed by atoms with Crippen LogP contribution >= 0.6 is 0 Å². The largest absolute Gasteiger partial charge is 4.00 e. The normalized spacial score (nSPS) is 10.2. The van der Waals surface area contributed by atoms with Crippen molar-refractivity contribution in [1.29, 1.82) is 0 Å². The molecule has 0 aromatic heterocycles. The van der Waals surface area contributed by atoms with Gasteiger partial charge in [-0.2, -0.15) is 59.7 Å². The second kappa shape index (κ2) is 15.9. The first kappa shape index (κ1) is 29.2. The third-order valence-corrected chi connectivity index (χ3v) is 5.23. The van der Waals surface area contributed by atoms with Crippen molar-refractivity contribution in [2.45, 2.75) is 25.9 Å². The first-order valence-electron chi connectivity index (χ1n) is 10.7. The zero-order chi connectivity index (χ0) is 24.1. The van der Waals surface area contributed by atoms with Crippen LogP contribution in [0.25, 0.3) is 22.3 Å². The van der Waals surface area contributed by atoms with E-state index < -0.39 is 0 Å². The van der Waals surface area contributed by atoms with Gasteiger partial charge in [-0.25, -0.2) is 0 Å². The van der Waals surface area contributed by atoms with Crippen LogP contribution in [0.3, 0.4) is 0 Å². The Hall–Kier alpha value is -2.85. The maximum atomic E-state index is 7.75. The molecule has 167 valence electrons. The summed E-state index contributed by atoms with van der Waals surface area (Å²) < 4.78 is 0. The summed E-state index contributed by atoms with van der Waals surface area (Å²) in [5.74, 6) is 0. The van der Waals surface area contributed by atoms with E-state index in [2.05, 4.69) is 112 Å². The van der Waals surface area contributed by atoms with Gasteiger partial charge in [0.05, 0.1) is 0 Å². The molecular weight excluding hydrogens is 468 g/mol. The molecule has 0 bridgehead atoms. The molecule has 0 amide bonds. The van der Waals surface area contributed by atoms with Crippen LogP contribution < -0.4 is 0 Å². The van der Waals surface area contributed by atoms with E-state index >= 15 is 0 Å². The fourth-order valence-corrected chi connectivity index (χ4v) is 4.00. The Labute approximate surface area is 221 Å². The molecule has 0 N–H and O–H groups in total. The van der Waals surface area contributed by atoms with Crippen LogP contribution in [0.15, 0.2) is 84.9 Å². The van der Waals surface area contributed by atoms with Crippen molar-refractivity contribution in [2.75, 3.05) is 0 Å². The second-order valence-electron chi connectivity index (χ2n) is 7.37. The summed E-state index contributed by atoms with van der Waals surface area (Å²) in [6.07, 6.45) is 2.10. The summed E-state index contributed by atoms with van der Waals surface area (Å²) in [6, 6.07) is 36.2. The predicted molar refractivity (Wildman–Crippen MR) is 139 cm³/mol. The first-order chi connectivity index (χ1) is 16.3. The van der Waals surface area contributed by atoms with Crippen molar-refractivity contribution in [3.63, 3.8) is 0 Å². The Morgan fingerprint density at radius 3 is 1.29 bits per heavy atom. The molecule has 0 heterocycles. The molecule has 0 unspecified atom stereocenters. The van der Waals surface area contributed by atoms with Crippen LogP contribution in [0.4, 0.5) is 0 Å². The summed E-state index contributed by atoms with van der Waals surface area (Å²) in [6.45, 7) is 10.9. The Morgan fingerprint density at radius 2 is 0.912 bits per heavy atom. The van der Waals surface area contributed by atoms with Crippen LogP contribution in [-0.2, 0) is 44.1 Å². The van der Waals surface area contributed by atoms with Crippen molar-refractivity contribution < 1.29 is 31.3 Å². The van der Waals surface area contributed by atoms with Crippen LogP contribution in [0.1, 0.15) is 22.3 Å². The van der Waals surface area contributed by atoms with Crippen molar-refractivity contribution >= 4 is 23.1 Å². The van der Waals surface area contributed by atoms with Gasteiger partial charge in [-0.1, -0.05) is 83.9 Å². The smallest absolute Gasteiger partial charge is 0.545 e. The molecule has 0 fully saturated rings. The fourth-order valence-electron chi connectivity index (χ4n) is 4.00. The van der Waals surface area contributed by atoms with Gasteiger partial charge >= 0.3 is 21.7 Å². The van der Waals surface area contributed by atoms with E-state index in [-0.39, 0.29) is 21.7 Å². The molecule has 2 aliphatic carbocycles. The minimum absolute atomic E-state index is 0. The van der Waals surface area contributed by atoms with Crippen LogP contribution in [-0.4, -0.2) is 23.1 Å². The van der Waals surface area contributed by atoms with E-state index in [0.717, 1.165) is 22.4 Å². The monoisotopic (exact) mass is 495 g/mol. The molecule has 0 saturated carbocycles. The van der Waals surface area contributed by atoms with E-state index in [1.807, 2.05) is 12.1 Å². The van der Waals surface area contributed by atoms with Gasteiger partial charge in [-0.05, 0) is 12.8 Å². The maximum Gasteiger partial charge on any atom is 4.00 e. The SMILES string of the molecule is C[SiH]C.[CH-]=O.[CH-]=O.[Ti+4].[c-]1cccc2c1Cc1ccccc1-2.[c-]1cccc2c1Cc1ccccc1-2. The topological polar surface area (TPSA) is 34.1 Å². The molecule has 0 atom stereocenters. The summed E-state index contributed by atoms with van der Waals surface area (Å²) >= 11 is 0. The first-order valence-corrected chi connectivity index (χ1v) is 13.0. The number of rotatable bonds is 0. The molecule has 2 nitrogen and oxygen atoms in total. The molecule has 6 rings (SSSR count). The van der Waals surface area contributed by atoms with Crippen molar-refractivity contribution in [2.24, 2.45) is 0 Å². The van der Waals surface area contributed by atoms with Gasteiger partial charge in [0.2, 0.25) is 0 Å². The molecule has 1 radical (unpaired) electrons. The number of hydrogen-bond donors (Lipinski definition) is 0. The third kappa shape index (κ3) is 7.07. The summed E-state index contributed by atoms with van der Waals surface area (Å²) in [5.41, 5.74) is 11.0. The van der Waals surface area contributed by atoms with Gasteiger partial charge in [0.25, 0.3) is 0 Å². The van der Waals surface area contributed by atoms with Gasteiger partial charge in [-0.15, -0.1) is 11.1 Å². The van der Waals surface area contributed by atoms with Gasteiger partial charge in [0.15, 0.2) is 0 Å². The average Bonchev–Trinajstić information content (AvgIpc) is 3.46. The van der Waals surface area contributed by atoms with Crippen LogP contribution in [0, 0.1) is 12.1 Å². The Bertz CT molecular complexity index is 982. The quantitative estimate of drug-likeness (QED) is 0.145. The van der Waals surface area contributed by atoms with Crippen LogP contribution in [0.2, 0.25) is 13.1 Å². The Morgan fingerprint density at radius 1 is 0.588 bits per heavy atom. The maximum absolute atomic E-state index is 7.75. The number of hydrogen-bond acceptors (Lipinski definition) is 2. The molecule has 0 aliphatic heterocycles. The molecular formula is C30H27O2SiTi. The van der Waals surface area contributed by atoms with E-state index in [9.17, 15) is 0 Å². The van der Waals surface area contributed by atoms with Gasteiger partial charge in [0, 0.05) is 9.52 Å². The average molecular weight is 495 g/mol. The second-order valence-corrected chi connectivity index (χ2v) is 8.52. The van der Waals surface area contributed by atoms with Crippen molar-refractivity contribution in [3.05, 3.63) is 119 Å². The third-order valence-electron chi connectivity index (χ3n) is 5.23. The van der Waals surface area contributed by atoms with Gasteiger partial charge in [-0.3, -0.25) is 13.6 Å².